The Bertz CT molecular complexity index is 575. The Labute approximate surface area is 111 Å². The molecule has 90 valence electrons. The van der Waals surface area contributed by atoms with Crippen LogP contribution in [0.2, 0.25) is 5.02 Å². The average Bonchev–Trinajstić information content (AvgIpc) is 2.40. The van der Waals surface area contributed by atoms with Crippen LogP contribution in [-0.4, -0.2) is 0 Å². The van der Waals surface area contributed by atoms with Crippen molar-refractivity contribution >= 4 is 11.6 Å². The van der Waals surface area contributed by atoms with Crippen LogP contribution in [0.3, 0.4) is 0 Å². The predicted molar refractivity (Wildman–Crippen MR) is 71.7 cm³/mol. The van der Waals surface area contributed by atoms with Crippen molar-refractivity contribution in [3.8, 4) is 11.8 Å². The van der Waals surface area contributed by atoms with Gasteiger partial charge in [0.1, 0.15) is 17.9 Å². The fourth-order valence-corrected chi connectivity index (χ4v) is 1.87. The minimum absolute atomic E-state index is 0.0600. The van der Waals surface area contributed by atoms with Gasteiger partial charge in [-0.05, 0) is 24.6 Å². The van der Waals surface area contributed by atoms with Crippen LogP contribution < -0.4 is 4.74 Å². The Morgan fingerprint density at radius 2 is 1.89 bits per heavy atom. The fourth-order valence-electron chi connectivity index (χ4n) is 1.66. The van der Waals surface area contributed by atoms with E-state index in [1.165, 1.54) is 0 Å². The van der Waals surface area contributed by atoms with Gasteiger partial charge >= 0.3 is 0 Å². The number of halogens is 1. The summed E-state index contributed by atoms with van der Waals surface area (Å²) in [4.78, 5) is 0. The first-order valence-corrected chi connectivity index (χ1v) is 6.00. The van der Waals surface area contributed by atoms with E-state index in [0.717, 1.165) is 5.56 Å². The first-order valence-electron chi connectivity index (χ1n) is 5.62. The molecule has 0 saturated carbocycles. The molecule has 0 spiro atoms. The molecule has 2 aromatic rings. The zero-order chi connectivity index (χ0) is 13.0. The maximum atomic E-state index is 8.79. The maximum absolute atomic E-state index is 8.79. The number of rotatable bonds is 3. The molecule has 0 heterocycles. The topological polar surface area (TPSA) is 33.0 Å². The maximum Gasteiger partial charge on any atom is 0.121 e. The molecule has 0 N–H and O–H groups in total. The lowest BCUT2D eigenvalue weighted by atomic mass is 10.1. The van der Waals surface area contributed by atoms with Crippen molar-refractivity contribution in [3.05, 3.63) is 64.7 Å². The van der Waals surface area contributed by atoms with Gasteiger partial charge in [-0.1, -0.05) is 41.9 Å². The molecule has 1 atom stereocenters. The number of nitrogens with zero attached hydrogens (tertiary/aromatic N) is 1. The molecule has 0 bridgehead atoms. The molecule has 0 aliphatic rings. The van der Waals surface area contributed by atoms with Gasteiger partial charge in [0, 0.05) is 6.07 Å². The highest BCUT2D eigenvalue weighted by Gasteiger charge is 2.08. The Morgan fingerprint density at radius 1 is 1.17 bits per heavy atom. The van der Waals surface area contributed by atoms with Crippen LogP contribution in [0.25, 0.3) is 0 Å². The van der Waals surface area contributed by atoms with Crippen molar-refractivity contribution in [3.63, 3.8) is 0 Å². The number of hydrogen-bond donors (Lipinski definition) is 0. The van der Waals surface area contributed by atoms with E-state index in [1.54, 1.807) is 18.2 Å². The molecule has 0 aliphatic carbocycles. The largest absolute Gasteiger partial charge is 0.486 e. The Kier molecular flexibility index (Phi) is 3.86. The molecule has 0 saturated heterocycles. The third kappa shape index (κ3) is 2.82. The Morgan fingerprint density at radius 3 is 2.50 bits per heavy atom. The van der Waals surface area contributed by atoms with E-state index in [0.29, 0.717) is 16.3 Å². The van der Waals surface area contributed by atoms with E-state index < -0.39 is 0 Å². The Hall–Kier alpha value is -1.98. The van der Waals surface area contributed by atoms with E-state index >= 15 is 0 Å². The van der Waals surface area contributed by atoms with Crippen molar-refractivity contribution in [2.45, 2.75) is 13.0 Å². The molecule has 0 amide bonds. The van der Waals surface area contributed by atoms with Crippen LogP contribution in [0, 0.1) is 11.3 Å². The first kappa shape index (κ1) is 12.5. The van der Waals surface area contributed by atoms with Crippen molar-refractivity contribution in [2.75, 3.05) is 0 Å². The van der Waals surface area contributed by atoms with Gasteiger partial charge in [-0.25, -0.2) is 0 Å². The first-order chi connectivity index (χ1) is 8.70. The van der Waals surface area contributed by atoms with E-state index in [2.05, 4.69) is 0 Å². The molecule has 2 nitrogen and oxygen atoms in total. The summed E-state index contributed by atoms with van der Waals surface area (Å²) in [7, 11) is 0. The number of benzene rings is 2. The normalized spacial score (nSPS) is 11.6. The van der Waals surface area contributed by atoms with Crippen LogP contribution in [0.5, 0.6) is 5.75 Å². The molecule has 2 aromatic carbocycles. The van der Waals surface area contributed by atoms with Gasteiger partial charge in [0.25, 0.3) is 0 Å². The van der Waals surface area contributed by atoms with E-state index in [1.807, 2.05) is 43.3 Å². The monoisotopic (exact) mass is 257 g/mol. The van der Waals surface area contributed by atoms with Gasteiger partial charge in [-0.3, -0.25) is 0 Å². The van der Waals surface area contributed by atoms with Crippen LogP contribution in [0.15, 0.2) is 48.5 Å². The number of nitriles is 1. The minimum Gasteiger partial charge on any atom is -0.486 e. The van der Waals surface area contributed by atoms with Crippen LogP contribution in [-0.2, 0) is 0 Å². The summed E-state index contributed by atoms with van der Waals surface area (Å²) in [6.07, 6.45) is -0.0600. The molecule has 18 heavy (non-hydrogen) atoms. The summed E-state index contributed by atoms with van der Waals surface area (Å²) in [5, 5.41) is 9.21. The minimum atomic E-state index is -0.0600. The zero-order valence-electron chi connectivity index (χ0n) is 9.93. The molecule has 0 aromatic heterocycles. The van der Waals surface area contributed by atoms with Gasteiger partial charge < -0.3 is 4.74 Å². The lowest BCUT2D eigenvalue weighted by Gasteiger charge is -2.15. The highest BCUT2D eigenvalue weighted by molar-refractivity contribution is 6.31. The average molecular weight is 258 g/mol. The lowest BCUT2D eigenvalue weighted by Crippen LogP contribution is -2.02. The van der Waals surface area contributed by atoms with Gasteiger partial charge in [0.15, 0.2) is 0 Å². The van der Waals surface area contributed by atoms with E-state index in [-0.39, 0.29) is 6.10 Å². The van der Waals surface area contributed by atoms with Crippen LogP contribution >= 0.6 is 11.6 Å². The smallest absolute Gasteiger partial charge is 0.121 e. The van der Waals surface area contributed by atoms with Crippen molar-refractivity contribution in [2.24, 2.45) is 0 Å². The summed E-state index contributed by atoms with van der Waals surface area (Å²) in [6, 6.07) is 17.0. The highest BCUT2D eigenvalue weighted by atomic mass is 35.5. The molecule has 0 radical (unpaired) electrons. The second-order valence-corrected chi connectivity index (χ2v) is 4.33. The van der Waals surface area contributed by atoms with Gasteiger partial charge in [0.05, 0.1) is 10.6 Å². The summed E-state index contributed by atoms with van der Waals surface area (Å²) < 4.78 is 5.79. The summed E-state index contributed by atoms with van der Waals surface area (Å²) in [5.74, 6) is 0.662. The number of hydrogen-bond acceptors (Lipinski definition) is 2. The predicted octanol–water partition coefficient (Wildman–Crippen LogP) is 4.35. The lowest BCUT2D eigenvalue weighted by molar-refractivity contribution is 0.227. The standard InChI is InChI=1S/C15H12ClNO/c1-11(12-5-3-2-4-6-12)18-14-8-7-13(10-17)15(16)9-14/h2-9,11H,1H3. The van der Waals surface area contributed by atoms with Crippen molar-refractivity contribution in [1.29, 1.82) is 5.26 Å². The van der Waals surface area contributed by atoms with Gasteiger partial charge in [-0.2, -0.15) is 5.26 Å². The molecule has 3 heteroatoms. The summed E-state index contributed by atoms with van der Waals surface area (Å²) in [5.41, 5.74) is 1.55. The second-order valence-electron chi connectivity index (χ2n) is 3.92. The zero-order valence-corrected chi connectivity index (χ0v) is 10.7. The van der Waals surface area contributed by atoms with Crippen molar-refractivity contribution in [1.82, 2.24) is 0 Å². The number of ether oxygens (including phenoxy) is 1. The molecule has 1 unspecified atom stereocenters. The molecule has 2 rings (SSSR count). The van der Waals surface area contributed by atoms with Gasteiger partial charge in [0.2, 0.25) is 0 Å². The highest BCUT2D eigenvalue weighted by Crippen LogP contribution is 2.26. The van der Waals surface area contributed by atoms with Crippen LogP contribution in [0.1, 0.15) is 24.2 Å². The second kappa shape index (κ2) is 5.57. The third-order valence-electron chi connectivity index (χ3n) is 2.64. The third-order valence-corrected chi connectivity index (χ3v) is 2.96. The summed E-state index contributed by atoms with van der Waals surface area (Å²) in [6.45, 7) is 1.97. The summed E-state index contributed by atoms with van der Waals surface area (Å²) >= 11 is 5.96. The Balaban J connectivity index is 2.15. The molecular formula is C15H12ClNO. The fraction of sp³-hybridized carbons (Fsp3) is 0.133. The van der Waals surface area contributed by atoms with E-state index in [4.69, 9.17) is 21.6 Å². The SMILES string of the molecule is CC(Oc1ccc(C#N)c(Cl)c1)c1ccccc1. The van der Waals surface area contributed by atoms with Gasteiger partial charge in [-0.15, -0.1) is 0 Å². The van der Waals surface area contributed by atoms with Crippen LogP contribution in [0.4, 0.5) is 0 Å². The quantitative estimate of drug-likeness (QED) is 0.819. The van der Waals surface area contributed by atoms with Crippen molar-refractivity contribution < 1.29 is 4.74 Å². The van der Waals surface area contributed by atoms with E-state index in [9.17, 15) is 0 Å². The molecular weight excluding hydrogens is 246 g/mol. The molecule has 0 aliphatic heterocycles. The molecule has 0 fully saturated rings.